The van der Waals surface area contributed by atoms with Gasteiger partial charge in [-0.3, -0.25) is 27.8 Å². The number of para-hydroxylation sites is 7. The molecule has 0 aliphatic rings. The normalized spacial score (nSPS) is 10.8. The van der Waals surface area contributed by atoms with E-state index in [1.807, 2.05) is 73.7 Å². The van der Waals surface area contributed by atoms with Crippen molar-refractivity contribution < 1.29 is 209 Å². The summed E-state index contributed by atoms with van der Waals surface area (Å²) in [6.07, 6.45) is 2.98. The van der Waals surface area contributed by atoms with Crippen LogP contribution in [0, 0.1) is 0 Å². The van der Waals surface area contributed by atoms with E-state index < -0.39 is 30.2 Å². The van der Waals surface area contributed by atoms with Gasteiger partial charge in [0.2, 0.25) is 7.37 Å². The van der Waals surface area contributed by atoms with Gasteiger partial charge in [0.1, 0.15) is 56.2 Å². The molecule has 21 nitrogen and oxygen atoms in total. The summed E-state index contributed by atoms with van der Waals surface area (Å²) >= 11 is 16.6. The number of hydrogen-bond acceptors (Lipinski definition) is 17. The second-order valence-corrected chi connectivity index (χ2v) is 29.7. The van der Waals surface area contributed by atoms with Crippen LogP contribution in [0.3, 0.4) is 0 Å². The molecule has 0 aliphatic heterocycles. The molecule has 7 aromatic rings. The van der Waals surface area contributed by atoms with Gasteiger partial charge in [0, 0.05) is 36.6 Å². The second kappa shape index (κ2) is 59.1. The molecule has 0 aliphatic carbocycles. The van der Waals surface area contributed by atoms with Crippen molar-refractivity contribution in [1.82, 2.24) is 0 Å². The third kappa shape index (κ3) is 42.4. The van der Waals surface area contributed by atoms with Gasteiger partial charge in [-0.15, -0.1) is 0 Å². The van der Waals surface area contributed by atoms with Gasteiger partial charge in [-0.25, -0.2) is 0 Å². The van der Waals surface area contributed by atoms with Gasteiger partial charge in [-0.2, -0.15) is 0 Å². The van der Waals surface area contributed by atoms with E-state index in [1.165, 1.54) is 42.8 Å². The summed E-state index contributed by atoms with van der Waals surface area (Å²) < 4.78 is 101. The van der Waals surface area contributed by atoms with Crippen LogP contribution in [0.1, 0.15) is 62.7 Å². The predicted molar refractivity (Wildman–Crippen MR) is 392 cm³/mol. The Hall–Kier alpha value is -1.19. The first kappa shape index (κ1) is 102. The van der Waals surface area contributed by atoms with Crippen LogP contribution in [0.25, 0.3) is 0 Å². The zero-order valence-corrected chi connectivity index (χ0v) is 71.0. The molecular formula is C64H86Br5FK2O21P4. The minimum Gasteiger partial charge on any atom is -1.00 e. The summed E-state index contributed by atoms with van der Waals surface area (Å²) in [5.74, 6) is 3.19. The van der Waals surface area contributed by atoms with Crippen molar-refractivity contribution in [1.29, 1.82) is 0 Å². The standard InChI is InChI=1S/C22H32O7P2.C15H14Br2O2.C15H18O8P2.C6H5BrO.C3H6Br2.CH2O3.2CH4.FH.2K.H/c1-5-27-30(4,23)21-15-10-8-13-19(21)25-17-12-18-26-20-14-9-11-16-22(20)31(24,28-6-2)29-7-3;16-12-6-1-3-8-14(12)18-10-5-11-19-15-9-4-2-7-13(15)17;16-24(17,18)14-8-3-1-6-12(14)22-10-5-11-23-13-7-2-4-9-15(13)25(19,20)21;7-5-3-1-2-4-6(5)8;4-2-1-3-5;2-1-4-3;;;;;;/h8-11,13-16H,5-7,12,17-18H2,1-4H3;1-4,6-9H,5,10-11H2;1-4,6-9H,5,10-11H2,(H2,16,17,18)(H2,19,20,21);1-4,8H;1-3H2;1,3H;2*1H4;1H;;;/q;;;;;;;;;2*+1;-1/p-1. The molecule has 33 heteroatoms. The summed E-state index contributed by atoms with van der Waals surface area (Å²) in [7, 11) is -15.2. The molecule has 0 saturated heterocycles. The largest absolute Gasteiger partial charge is 1.00 e. The number of halogens is 6. The molecule has 0 fully saturated rings. The average Bonchev–Trinajstić information content (AvgIpc) is 0.836. The Bertz CT molecular complexity index is 3280. The number of alkyl halides is 2. The first-order chi connectivity index (χ1) is 44.0. The fourth-order valence-electron chi connectivity index (χ4n) is 7.09. The number of ether oxygens (including phenoxy) is 6. The van der Waals surface area contributed by atoms with Gasteiger partial charge in [-0.1, -0.05) is 132 Å². The van der Waals surface area contributed by atoms with Crippen molar-refractivity contribution in [2.75, 3.05) is 76.8 Å². The molecule has 1 unspecified atom stereocenters. The van der Waals surface area contributed by atoms with Gasteiger partial charge in [-0.05, 0) is 160 Å². The van der Waals surface area contributed by atoms with E-state index in [1.54, 1.807) is 87.2 Å². The minimum absolute atomic E-state index is 0. The molecule has 7 aromatic carbocycles. The number of carbonyl (C=O) groups excluding carboxylic acids is 1. The number of rotatable bonds is 31. The molecule has 532 valence electrons. The summed E-state index contributed by atoms with van der Waals surface area (Å²) in [5, 5.41) is 20.1. The Morgan fingerprint density at radius 3 is 0.948 bits per heavy atom. The van der Waals surface area contributed by atoms with Crippen molar-refractivity contribution >= 4 is 137 Å². The summed E-state index contributed by atoms with van der Waals surface area (Å²) in [5.41, 5.74) is 0. The number of hydrogen-bond donors (Lipinski definition) is 5. The molecule has 0 heterocycles. The van der Waals surface area contributed by atoms with E-state index in [-0.39, 0.29) is 185 Å². The van der Waals surface area contributed by atoms with Crippen molar-refractivity contribution in [2.24, 2.45) is 0 Å². The zero-order chi connectivity index (χ0) is 68.3. The molecule has 1 atom stereocenters. The van der Waals surface area contributed by atoms with Gasteiger partial charge in [0.05, 0.1) is 78.2 Å². The Kier molecular flexibility index (Phi) is 62.3. The first-order valence-electron chi connectivity index (χ1n) is 28.1. The smallest absolute Gasteiger partial charge is 1.00 e. The number of phenols is 1. The van der Waals surface area contributed by atoms with Crippen molar-refractivity contribution in [2.45, 2.75) is 61.3 Å². The molecule has 0 radical (unpaired) electrons. The second-order valence-electron chi connectivity index (χ2n) is 17.9. The third-order valence-corrected chi connectivity index (χ3v) is 20.3. The molecular weight excluding hydrogens is 1730 g/mol. The number of aromatic hydroxyl groups is 1. The fraction of sp³-hybridized carbons (Fsp3) is 0.328. The fourth-order valence-corrected chi connectivity index (χ4v) is 14.1. The zero-order valence-electron chi connectivity index (χ0n) is 54.2. The van der Waals surface area contributed by atoms with E-state index >= 15 is 0 Å². The third-order valence-electron chi connectivity index (χ3n) is 11.0. The average molecular weight is 1810 g/mol. The monoisotopic (exact) mass is 1810 g/mol. The Morgan fingerprint density at radius 2 is 0.680 bits per heavy atom. The van der Waals surface area contributed by atoms with Crippen LogP contribution in [0.5, 0.6) is 40.2 Å². The SMILES string of the molecule is BrCCCBr.Brc1ccccc1OCCCOc1ccccc1Br.C.C.CCOP(C)(=O)c1ccccc1OCCCOc1ccccc1P(=O)(OCC)OCC.F.O=CO[O-].O=P(O)(O)c1ccccc1OCCCOc1ccccc1P(=O)(O)O.Oc1ccccc1Br.[H-].[K+].[K+]. The molecule has 7 rings (SSSR count). The summed E-state index contributed by atoms with van der Waals surface area (Å²) in [6, 6.07) is 48.6. The quantitative estimate of drug-likeness (QED) is 0.00514. The summed E-state index contributed by atoms with van der Waals surface area (Å²) in [6.45, 7) is 9.86. The Balaban J connectivity index is -0.000000388. The van der Waals surface area contributed by atoms with Crippen molar-refractivity contribution in [3.05, 3.63) is 183 Å². The van der Waals surface area contributed by atoms with Crippen LogP contribution >= 0.6 is 110 Å². The van der Waals surface area contributed by atoms with Crippen LogP contribution in [0.2, 0.25) is 0 Å². The number of benzene rings is 7. The van der Waals surface area contributed by atoms with Gasteiger partial charge in [0.25, 0.3) is 6.47 Å². The van der Waals surface area contributed by atoms with Gasteiger partial charge in [0.15, 0.2) is 0 Å². The van der Waals surface area contributed by atoms with Crippen LogP contribution in [-0.2, 0) is 41.5 Å². The van der Waals surface area contributed by atoms with E-state index in [0.717, 1.165) is 42.0 Å². The van der Waals surface area contributed by atoms with Crippen molar-refractivity contribution in [3.8, 4) is 40.2 Å². The van der Waals surface area contributed by atoms with Crippen molar-refractivity contribution in [3.63, 3.8) is 0 Å². The van der Waals surface area contributed by atoms with Gasteiger partial charge < -0.3 is 78.2 Å². The molecule has 97 heavy (non-hydrogen) atoms. The topological polar surface area (TPSA) is 302 Å². The van der Waals surface area contributed by atoms with Crippen LogP contribution < -0.4 is 158 Å². The molecule has 0 bridgehead atoms. The molecule has 5 N–H and O–H groups in total. The Labute approximate surface area is 698 Å². The number of phenolic OH excluding ortho intramolecular Hbond substituents is 1. The van der Waals surface area contributed by atoms with E-state index in [2.05, 4.69) is 84.5 Å². The molecule has 0 saturated carbocycles. The summed E-state index contributed by atoms with van der Waals surface area (Å²) in [4.78, 5) is 48.3. The van der Waals surface area contributed by atoms with Crippen LogP contribution in [-0.4, -0.2) is 108 Å². The maximum Gasteiger partial charge on any atom is 1.00 e. The van der Waals surface area contributed by atoms with E-state index in [9.17, 15) is 37.8 Å². The molecule has 0 amide bonds. The Morgan fingerprint density at radius 1 is 0.423 bits per heavy atom. The van der Waals surface area contributed by atoms with Crippen LogP contribution in [0.15, 0.2) is 183 Å². The van der Waals surface area contributed by atoms with E-state index in [4.69, 9.17) is 57.2 Å². The van der Waals surface area contributed by atoms with E-state index in [0.29, 0.717) is 68.0 Å². The van der Waals surface area contributed by atoms with Gasteiger partial charge >= 0.3 is 126 Å². The molecule has 0 aromatic heterocycles. The molecule has 0 spiro atoms. The van der Waals surface area contributed by atoms with Crippen LogP contribution in [0.4, 0.5) is 4.70 Å². The predicted octanol–water partition coefficient (Wildman–Crippen LogP) is 9.50. The number of carbonyl (C=O) groups is 1. The maximum atomic E-state index is 13.1. The first-order valence-corrected chi connectivity index (χ1v) is 39.6. The maximum absolute atomic E-state index is 13.1. The minimum atomic E-state index is -4.43.